The molecule has 5 N–H and O–H groups in total. The maximum absolute atomic E-state index is 12.0. The minimum atomic E-state index is -0.604. The SMILES string of the molecule is N#C/C(=C/Nc1ccc(N)c(Cl)c1)C(=O)Nc1cccc(O)c1. The summed E-state index contributed by atoms with van der Waals surface area (Å²) in [5.74, 6) is -0.591. The molecule has 23 heavy (non-hydrogen) atoms. The molecular weight excluding hydrogens is 316 g/mol. The molecule has 2 rings (SSSR count). The van der Waals surface area contributed by atoms with Crippen molar-refractivity contribution < 1.29 is 9.90 Å². The van der Waals surface area contributed by atoms with Crippen molar-refractivity contribution in [2.45, 2.75) is 0 Å². The van der Waals surface area contributed by atoms with Gasteiger partial charge in [0.25, 0.3) is 5.91 Å². The summed E-state index contributed by atoms with van der Waals surface area (Å²) in [6.07, 6.45) is 1.26. The highest BCUT2D eigenvalue weighted by molar-refractivity contribution is 6.33. The van der Waals surface area contributed by atoms with Gasteiger partial charge in [0.15, 0.2) is 0 Å². The number of rotatable bonds is 4. The number of nitrogens with zero attached hydrogens (tertiary/aromatic N) is 1. The highest BCUT2D eigenvalue weighted by Crippen LogP contribution is 2.22. The first-order valence-electron chi connectivity index (χ1n) is 6.52. The first-order chi connectivity index (χ1) is 11.0. The second kappa shape index (κ2) is 7.20. The molecule has 0 fully saturated rings. The van der Waals surface area contributed by atoms with Gasteiger partial charge in [-0.1, -0.05) is 17.7 Å². The van der Waals surface area contributed by atoms with Crippen LogP contribution in [0.2, 0.25) is 5.02 Å². The van der Waals surface area contributed by atoms with E-state index in [4.69, 9.17) is 22.6 Å². The summed E-state index contributed by atoms with van der Waals surface area (Å²) >= 11 is 5.89. The molecule has 0 heterocycles. The Kier molecular flexibility index (Phi) is 5.07. The van der Waals surface area contributed by atoms with Gasteiger partial charge in [-0.05, 0) is 30.3 Å². The number of nitrogen functional groups attached to an aromatic ring is 1. The minimum Gasteiger partial charge on any atom is -0.508 e. The van der Waals surface area contributed by atoms with Gasteiger partial charge in [0.05, 0.1) is 10.7 Å². The van der Waals surface area contributed by atoms with Crippen LogP contribution in [0.4, 0.5) is 17.1 Å². The van der Waals surface area contributed by atoms with Crippen molar-refractivity contribution in [3.8, 4) is 11.8 Å². The Hall–Kier alpha value is -3.17. The molecule has 2 aromatic rings. The molecule has 0 radical (unpaired) electrons. The van der Waals surface area contributed by atoms with Crippen LogP contribution in [0.3, 0.4) is 0 Å². The zero-order valence-electron chi connectivity index (χ0n) is 11.9. The number of nitrogens with two attached hydrogens (primary N) is 1. The molecule has 116 valence electrons. The van der Waals surface area contributed by atoms with Gasteiger partial charge in [-0.15, -0.1) is 0 Å². The topological polar surface area (TPSA) is 111 Å². The summed E-state index contributed by atoms with van der Waals surface area (Å²) in [5, 5.41) is 24.1. The Morgan fingerprint density at radius 1 is 1.26 bits per heavy atom. The first kappa shape index (κ1) is 16.2. The third-order valence-electron chi connectivity index (χ3n) is 2.85. The van der Waals surface area contributed by atoms with E-state index in [2.05, 4.69) is 10.6 Å². The molecular formula is C16H13ClN4O2. The maximum Gasteiger partial charge on any atom is 0.267 e. The lowest BCUT2D eigenvalue weighted by molar-refractivity contribution is -0.112. The van der Waals surface area contributed by atoms with E-state index in [-0.39, 0.29) is 11.3 Å². The van der Waals surface area contributed by atoms with Crippen molar-refractivity contribution in [1.29, 1.82) is 5.26 Å². The van der Waals surface area contributed by atoms with E-state index in [0.29, 0.717) is 22.1 Å². The van der Waals surface area contributed by atoms with Gasteiger partial charge in [-0.2, -0.15) is 5.26 Å². The molecule has 0 aliphatic carbocycles. The number of carbonyl (C=O) groups excluding carboxylic acids is 1. The summed E-state index contributed by atoms with van der Waals surface area (Å²) in [5.41, 5.74) is 6.87. The molecule has 0 spiro atoms. The molecule has 0 saturated heterocycles. The third-order valence-corrected chi connectivity index (χ3v) is 3.18. The number of phenolic OH excluding ortho intramolecular Hbond substituents is 1. The van der Waals surface area contributed by atoms with Crippen LogP contribution in [0.25, 0.3) is 0 Å². The number of amides is 1. The molecule has 0 bridgehead atoms. The molecule has 7 heteroatoms. The van der Waals surface area contributed by atoms with Crippen LogP contribution in [-0.4, -0.2) is 11.0 Å². The van der Waals surface area contributed by atoms with Gasteiger partial charge >= 0.3 is 0 Å². The van der Waals surface area contributed by atoms with Crippen LogP contribution in [-0.2, 0) is 4.79 Å². The summed E-state index contributed by atoms with van der Waals surface area (Å²) in [6.45, 7) is 0. The van der Waals surface area contributed by atoms with E-state index in [0.717, 1.165) is 0 Å². The third kappa shape index (κ3) is 4.40. The number of aromatic hydroxyl groups is 1. The predicted molar refractivity (Wildman–Crippen MR) is 89.9 cm³/mol. The number of anilines is 3. The number of nitrogens with one attached hydrogen (secondary N) is 2. The largest absolute Gasteiger partial charge is 0.508 e. The number of hydrogen-bond donors (Lipinski definition) is 4. The molecule has 0 atom stereocenters. The number of carbonyl (C=O) groups is 1. The van der Waals surface area contributed by atoms with Crippen molar-refractivity contribution in [3.05, 3.63) is 59.3 Å². The summed E-state index contributed by atoms with van der Waals surface area (Å²) in [7, 11) is 0. The van der Waals surface area contributed by atoms with Gasteiger partial charge in [-0.25, -0.2) is 0 Å². The van der Waals surface area contributed by atoms with Crippen molar-refractivity contribution >= 4 is 34.6 Å². The molecule has 6 nitrogen and oxygen atoms in total. The Labute approximate surface area is 137 Å². The summed E-state index contributed by atoms with van der Waals surface area (Å²) < 4.78 is 0. The van der Waals surface area contributed by atoms with Crippen molar-refractivity contribution in [1.82, 2.24) is 0 Å². The van der Waals surface area contributed by atoms with Gasteiger partial charge < -0.3 is 21.5 Å². The van der Waals surface area contributed by atoms with Crippen molar-refractivity contribution in [2.75, 3.05) is 16.4 Å². The van der Waals surface area contributed by atoms with E-state index in [1.54, 1.807) is 36.4 Å². The lowest BCUT2D eigenvalue weighted by Crippen LogP contribution is -2.14. The Balaban J connectivity index is 2.10. The fourth-order valence-electron chi connectivity index (χ4n) is 1.70. The average Bonchev–Trinajstić information content (AvgIpc) is 2.51. The van der Waals surface area contributed by atoms with Crippen LogP contribution >= 0.6 is 11.6 Å². The molecule has 0 aliphatic heterocycles. The van der Waals surface area contributed by atoms with Crippen LogP contribution in [0.5, 0.6) is 5.75 Å². The molecule has 0 aromatic heterocycles. The highest BCUT2D eigenvalue weighted by atomic mass is 35.5. The first-order valence-corrected chi connectivity index (χ1v) is 6.89. The quantitative estimate of drug-likeness (QED) is 0.391. The second-order valence-corrected chi connectivity index (χ2v) is 4.96. The summed E-state index contributed by atoms with van der Waals surface area (Å²) in [6, 6.07) is 12.7. The zero-order chi connectivity index (χ0) is 16.8. The van der Waals surface area contributed by atoms with Gasteiger partial charge in [-0.3, -0.25) is 4.79 Å². The number of hydrogen-bond acceptors (Lipinski definition) is 5. The number of phenols is 1. The van der Waals surface area contributed by atoms with Gasteiger partial charge in [0, 0.05) is 23.6 Å². The monoisotopic (exact) mass is 328 g/mol. The Morgan fingerprint density at radius 2 is 2.04 bits per heavy atom. The van der Waals surface area contributed by atoms with Gasteiger partial charge in [0.2, 0.25) is 0 Å². The van der Waals surface area contributed by atoms with E-state index in [9.17, 15) is 9.90 Å². The second-order valence-electron chi connectivity index (χ2n) is 4.55. The Bertz CT molecular complexity index is 812. The average molecular weight is 329 g/mol. The van der Waals surface area contributed by atoms with Crippen molar-refractivity contribution in [3.63, 3.8) is 0 Å². The smallest absolute Gasteiger partial charge is 0.267 e. The van der Waals surface area contributed by atoms with Gasteiger partial charge in [0.1, 0.15) is 17.4 Å². The lowest BCUT2D eigenvalue weighted by atomic mass is 10.2. The molecule has 1 amide bonds. The fourth-order valence-corrected chi connectivity index (χ4v) is 1.88. The molecule has 0 unspecified atom stereocenters. The Morgan fingerprint density at radius 3 is 2.70 bits per heavy atom. The zero-order valence-corrected chi connectivity index (χ0v) is 12.6. The molecule has 0 saturated carbocycles. The van der Waals surface area contributed by atoms with E-state index in [1.807, 2.05) is 0 Å². The number of benzene rings is 2. The fraction of sp³-hybridized carbons (Fsp3) is 0. The van der Waals surface area contributed by atoms with Crippen LogP contribution in [0, 0.1) is 11.3 Å². The molecule has 0 aliphatic rings. The standard InChI is InChI=1S/C16H13ClN4O2/c17-14-7-11(4-5-15(14)19)20-9-10(8-18)16(23)21-12-2-1-3-13(22)6-12/h1-7,9,20,22H,19H2,(H,21,23)/b10-9-. The van der Waals surface area contributed by atoms with E-state index < -0.39 is 5.91 Å². The normalized spacial score (nSPS) is 10.7. The molecule has 2 aromatic carbocycles. The maximum atomic E-state index is 12.0. The van der Waals surface area contributed by atoms with Crippen LogP contribution in [0.15, 0.2) is 54.2 Å². The lowest BCUT2D eigenvalue weighted by Gasteiger charge is -2.06. The number of nitriles is 1. The summed E-state index contributed by atoms with van der Waals surface area (Å²) in [4.78, 5) is 12.0. The minimum absolute atomic E-state index is 0.0138. The number of halogens is 1. The van der Waals surface area contributed by atoms with Crippen LogP contribution in [0.1, 0.15) is 0 Å². The van der Waals surface area contributed by atoms with E-state index >= 15 is 0 Å². The van der Waals surface area contributed by atoms with E-state index in [1.165, 1.54) is 18.3 Å². The van der Waals surface area contributed by atoms with Crippen LogP contribution < -0.4 is 16.4 Å². The van der Waals surface area contributed by atoms with Crippen molar-refractivity contribution in [2.24, 2.45) is 0 Å². The highest BCUT2D eigenvalue weighted by Gasteiger charge is 2.09. The predicted octanol–water partition coefficient (Wildman–Crippen LogP) is 3.09.